The number of nitrogens with zero attached hydrogens (tertiary/aromatic N) is 1. The average molecular weight is 524 g/mol. The van der Waals surface area contributed by atoms with Crippen LogP contribution in [0.1, 0.15) is 66.6 Å². The molecule has 1 saturated carbocycles. The molecule has 0 aromatic heterocycles. The maximum absolute atomic E-state index is 13.4. The number of carbonyl (C=O) groups excluding carboxylic acids is 3. The Bertz CT molecular complexity index is 1470. The van der Waals surface area contributed by atoms with Crippen LogP contribution in [0.15, 0.2) is 66.7 Å². The number of carbonyl (C=O) groups is 3. The summed E-state index contributed by atoms with van der Waals surface area (Å²) in [6.45, 7) is 3.27. The smallest absolute Gasteiger partial charge is 0.310 e. The Kier molecular flexibility index (Phi) is 8.27. The van der Waals surface area contributed by atoms with E-state index in [-0.39, 0.29) is 24.3 Å². The van der Waals surface area contributed by atoms with Gasteiger partial charge in [0.1, 0.15) is 6.54 Å². The maximum atomic E-state index is 13.4. The second-order valence-corrected chi connectivity index (χ2v) is 10.7. The van der Waals surface area contributed by atoms with Gasteiger partial charge in [0.25, 0.3) is 0 Å². The minimum absolute atomic E-state index is 0.0116. The fourth-order valence-corrected chi connectivity index (χ4v) is 4.86. The Labute approximate surface area is 228 Å². The molecule has 200 valence electrons. The normalized spacial score (nSPS) is 14.1. The molecule has 7 nitrogen and oxygen atoms in total. The molecule has 3 N–H and O–H groups in total. The van der Waals surface area contributed by atoms with Gasteiger partial charge in [-0.15, -0.1) is 0 Å². The molecule has 3 aromatic carbocycles. The van der Waals surface area contributed by atoms with Gasteiger partial charge in [-0.25, -0.2) is 0 Å². The minimum Gasteiger partial charge on any atom is -0.386 e. The van der Waals surface area contributed by atoms with E-state index in [4.69, 9.17) is 5.26 Å². The second-order valence-electron chi connectivity index (χ2n) is 10.7. The summed E-state index contributed by atoms with van der Waals surface area (Å²) < 4.78 is 0. The van der Waals surface area contributed by atoms with Crippen molar-refractivity contribution in [2.24, 2.45) is 0 Å². The molecule has 0 saturated heterocycles. The fourth-order valence-electron chi connectivity index (χ4n) is 4.86. The van der Waals surface area contributed by atoms with Gasteiger partial charge < -0.3 is 15.7 Å². The molecule has 0 spiro atoms. The Balaban J connectivity index is 1.50. The summed E-state index contributed by atoms with van der Waals surface area (Å²) in [6.07, 6.45) is 6.78. The highest BCUT2D eigenvalue weighted by Crippen LogP contribution is 2.54. The Hall–Kier alpha value is -4.28. The first-order chi connectivity index (χ1) is 18.6. The first kappa shape index (κ1) is 27.7. The molecule has 1 fully saturated rings. The third kappa shape index (κ3) is 6.98. The lowest BCUT2D eigenvalue weighted by Crippen LogP contribution is -2.39. The third-order valence-corrected chi connectivity index (χ3v) is 7.11. The van der Waals surface area contributed by atoms with Gasteiger partial charge in [-0.3, -0.25) is 14.4 Å². The van der Waals surface area contributed by atoms with Crippen molar-refractivity contribution in [2.45, 2.75) is 57.1 Å². The predicted octanol–water partition coefficient (Wildman–Crippen LogP) is 4.57. The monoisotopic (exact) mass is 523 g/mol. The van der Waals surface area contributed by atoms with Gasteiger partial charge in [0.2, 0.25) is 0 Å². The highest BCUT2D eigenvalue weighted by Gasteiger charge is 2.45. The van der Waals surface area contributed by atoms with Crippen molar-refractivity contribution in [3.63, 3.8) is 0 Å². The maximum Gasteiger partial charge on any atom is 0.310 e. The fraction of sp³-hybridized carbons (Fsp3) is 0.312. The van der Waals surface area contributed by atoms with E-state index in [1.165, 1.54) is 10.9 Å². The van der Waals surface area contributed by atoms with Crippen LogP contribution in [0.2, 0.25) is 0 Å². The average Bonchev–Trinajstić information content (AvgIpc) is 3.72. The zero-order valence-electron chi connectivity index (χ0n) is 22.3. The van der Waals surface area contributed by atoms with E-state index in [1.807, 2.05) is 18.2 Å². The van der Waals surface area contributed by atoms with E-state index in [1.54, 1.807) is 50.3 Å². The van der Waals surface area contributed by atoms with Crippen molar-refractivity contribution >= 4 is 34.4 Å². The first-order valence-electron chi connectivity index (χ1n) is 13.1. The first-order valence-corrected chi connectivity index (χ1v) is 13.1. The van der Waals surface area contributed by atoms with Crippen LogP contribution >= 0.6 is 0 Å². The summed E-state index contributed by atoms with van der Waals surface area (Å²) in [7, 11) is 0. The van der Waals surface area contributed by atoms with Crippen LogP contribution in [-0.2, 0) is 21.5 Å². The van der Waals surface area contributed by atoms with E-state index >= 15 is 0 Å². The highest BCUT2D eigenvalue weighted by molar-refractivity contribution is 6.35. The minimum atomic E-state index is -0.914. The van der Waals surface area contributed by atoms with Crippen molar-refractivity contribution in [3.8, 4) is 6.07 Å². The van der Waals surface area contributed by atoms with Crippen LogP contribution in [0, 0.1) is 11.3 Å². The number of nitriles is 1. The number of nitrogens with one attached hydrogen (secondary N) is 2. The lowest BCUT2D eigenvalue weighted by molar-refractivity contribution is -0.139. The van der Waals surface area contributed by atoms with Crippen LogP contribution in [0.3, 0.4) is 0 Å². The van der Waals surface area contributed by atoms with Gasteiger partial charge >= 0.3 is 11.8 Å². The molecule has 4 rings (SSSR count). The van der Waals surface area contributed by atoms with Crippen LogP contribution < -0.4 is 10.6 Å². The summed E-state index contributed by atoms with van der Waals surface area (Å²) in [5.74, 6) is -1.75. The summed E-state index contributed by atoms with van der Waals surface area (Å²) in [5.41, 5.74) is 2.41. The summed E-state index contributed by atoms with van der Waals surface area (Å²) in [5, 5.41) is 25.8. The third-order valence-electron chi connectivity index (χ3n) is 7.11. The molecule has 0 atom stereocenters. The van der Waals surface area contributed by atoms with E-state index < -0.39 is 17.4 Å². The van der Waals surface area contributed by atoms with E-state index in [2.05, 4.69) is 34.9 Å². The molecule has 7 heteroatoms. The molecule has 0 unspecified atom stereocenters. The molecule has 0 heterocycles. The van der Waals surface area contributed by atoms with E-state index in [9.17, 15) is 19.5 Å². The highest BCUT2D eigenvalue weighted by atomic mass is 16.3. The van der Waals surface area contributed by atoms with Crippen molar-refractivity contribution < 1.29 is 19.5 Å². The largest absolute Gasteiger partial charge is 0.386 e. The Morgan fingerprint density at radius 3 is 2.44 bits per heavy atom. The molecule has 2 amide bonds. The lowest BCUT2D eigenvalue weighted by atomic mass is 9.84. The van der Waals surface area contributed by atoms with Gasteiger partial charge in [0.05, 0.1) is 11.7 Å². The van der Waals surface area contributed by atoms with Gasteiger partial charge in [-0.1, -0.05) is 66.7 Å². The molecule has 3 aromatic rings. The van der Waals surface area contributed by atoms with Gasteiger partial charge in [-0.05, 0) is 72.1 Å². The zero-order valence-corrected chi connectivity index (χ0v) is 22.3. The van der Waals surface area contributed by atoms with Gasteiger partial charge in [0, 0.05) is 18.5 Å². The molecule has 0 radical (unpaired) electrons. The molecule has 0 aliphatic heterocycles. The number of benzene rings is 3. The van der Waals surface area contributed by atoms with Crippen molar-refractivity contribution in [1.29, 1.82) is 5.26 Å². The Morgan fingerprint density at radius 2 is 1.72 bits per heavy atom. The van der Waals surface area contributed by atoms with E-state index in [0.717, 1.165) is 23.8 Å². The predicted molar refractivity (Wildman–Crippen MR) is 151 cm³/mol. The topological polar surface area (TPSA) is 119 Å². The number of aliphatic hydroxyl groups is 1. The van der Waals surface area contributed by atoms with Gasteiger partial charge in [0.15, 0.2) is 5.78 Å². The molecular formula is C32H33N3O4. The standard InChI is InChI=1S/C32H33N3O4/c1-31(2,39)13-11-22-19-23-7-3-5-9-25(23)27(20-22)32(15-16-32)14-12-28(36)26-10-6-4-8-24(26)21-35-30(38)29(37)34-18-17-33/h3-11,13,19-20,39H,12,14-16,18,21H2,1-2H3,(H,34,37)(H,35,38)/b13-11+. The number of amides is 2. The molecule has 1 aliphatic carbocycles. The zero-order chi connectivity index (χ0) is 28.0. The quantitative estimate of drug-likeness (QED) is 0.204. The van der Waals surface area contributed by atoms with Crippen LogP contribution in [0.5, 0.6) is 0 Å². The summed E-state index contributed by atoms with van der Waals surface area (Å²) in [4.78, 5) is 37.1. The number of fused-ring (bicyclic) bond motifs is 1. The lowest BCUT2D eigenvalue weighted by Gasteiger charge is -2.20. The van der Waals surface area contributed by atoms with Crippen molar-refractivity contribution in [3.05, 3.63) is 89.0 Å². The summed E-state index contributed by atoms with van der Waals surface area (Å²) >= 11 is 0. The summed E-state index contributed by atoms with van der Waals surface area (Å²) in [6, 6.07) is 21.4. The molecular weight excluding hydrogens is 490 g/mol. The molecule has 1 aliphatic rings. The van der Waals surface area contributed by atoms with Crippen LogP contribution in [0.4, 0.5) is 0 Å². The van der Waals surface area contributed by atoms with E-state index in [0.29, 0.717) is 24.0 Å². The molecule has 0 bridgehead atoms. The number of hydrogen-bond donors (Lipinski definition) is 3. The SMILES string of the molecule is CC(C)(O)/C=C/c1cc(C2(CCC(=O)c3ccccc3CNC(=O)C(=O)NCC#N)CC2)c2ccccc2c1. The molecule has 39 heavy (non-hydrogen) atoms. The van der Waals surface area contributed by atoms with Gasteiger partial charge in [-0.2, -0.15) is 5.26 Å². The number of Topliss-reactive ketones (excluding diaryl/α,β-unsaturated/α-hetero) is 1. The number of ketones is 1. The van der Waals surface area contributed by atoms with Crippen LogP contribution in [-0.4, -0.2) is 34.8 Å². The van der Waals surface area contributed by atoms with Crippen molar-refractivity contribution in [1.82, 2.24) is 10.6 Å². The number of hydrogen-bond acceptors (Lipinski definition) is 5. The van der Waals surface area contributed by atoms with Crippen LogP contribution in [0.25, 0.3) is 16.8 Å². The Morgan fingerprint density at radius 1 is 1.03 bits per heavy atom. The van der Waals surface area contributed by atoms with Crippen molar-refractivity contribution in [2.75, 3.05) is 6.54 Å². The number of rotatable bonds is 10. The second kappa shape index (κ2) is 11.6.